The summed E-state index contributed by atoms with van der Waals surface area (Å²) in [4.78, 5) is 12.3. The van der Waals surface area contributed by atoms with Crippen molar-refractivity contribution in [2.75, 3.05) is 0 Å². The molecule has 0 atom stereocenters. The number of hydrogen-bond donors (Lipinski definition) is 0. The predicted molar refractivity (Wildman–Crippen MR) is 94.4 cm³/mol. The second-order valence-electron chi connectivity index (χ2n) is 8.44. The highest BCUT2D eigenvalue weighted by molar-refractivity contribution is 5.88. The average Bonchev–Trinajstić information content (AvgIpc) is 2.95. The highest BCUT2D eigenvalue weighted by Crippen LogP contribution is 2.45. The Bertz CT molecular complexity index is 798. The summed E-state index contributed by atoms with van der Waals surface area (Å²) in [6, 6.07) is 5.67. The van der Waals surface area contributed by atoms with Gasteiger partial charge in [0, 0.05) is 10.9 Å². The Morgan fingerprint density at radius 1 is 1.16 bits per heavy atom. The summed E-state index contributed by atoms with van der Waals surface area (Å²) < 4.78 is 18.8. The van der Waals surface area contributed by atoms with E-state index in [2.05, 4.69) is 5.10 Å². The minimum atomic E-state index is -0.571. The van der Waals surface area contributed by atoms with E-state index in [0.29, 0.717) is 5.52 Å². The van der Waals surface area contributed by atoms with Gasteiger partial charge in [-0.2, -0.15) is 9.78 Å². The monoisotopic (exact) mass is 346 g/mol. The van der Waals surface area contributed by atoms with Crippen LogP contribution >= 0.6 is 0 Å². The van der Waals surface area contributed by atoms with Crippen molar-refractivity contribution in [3.8, 4) is 0 Å². The van der Waals surface area contributed by atoms with Gasteiger partial charge in [-0.1, -0.05) is 6.07 Å². The number of rotatable bonds is 1. The zero-order valence-corrected chi connectivity index (χ0v) is 15.9. The van der Waals surface area contributed by atoms with Gasteiger partial charge < -0.3 is 14.2 Å². The summed E-state index contributed by atoms with van der Waals surface area (Å²) in [6.07, 6.45) is 0.707. The Balaban J connectivity index is 1.90. The van der Waals surface area contributed by atoms with Crippen LogP contribution in [0.4, 0.5) is 4.79 Å². The summed E-state index contributed by atoms with van der Waals surface area (Å²) in [6.45, 7) is 13.6. The maximum absolute atomic E-state index is 12.3. The van der Waals surface area contributed by atoms with Crippen LogP contribution < -0.4 is 0 Å². The fourth-order valence-electron chi connectivity index (χ4n) is 2.63. The van der Waals surface area contributed by atoms with Crippen molar-refractivity contribution < 1.29 is 19.0 Å². The second-order valence-corrected chi connectivity index (χ2v) is 8.44. The van der Waals surface area contributed by atoms with Crippen LogP contribution in [0.5, 0.6) is 0 Å². The lowest BCUT2D eigenvalue weighted by molar-refractivity contribution is -0.0894. The number of hydrogen-bond acceptors (Lipinski definition) is 5. The van der Waals surface area contributed by atoms with Crippen LogP contribution in [0.1, 0.15) is 60.3 Å². The van der Waals surface area contributed by atoms with Crippen molar-refractivity contribution in [3.05, 3.63) is 30.0 Å². The lowest BCUT2D eigenvalue weighted by atomic mass is 9.90. The standard InChI is InChI=1S/C19H26N2O4/c1-17(2,3)25-16(22)21-14-9-8-12(10-13(14)11-20-21)15-23-18(4,5)19(6,7)24-15/h8-11,15H,1-7H3. The molecule has 2 heterocycles. The molecule has 0 saturated carbocycles. The second kappa shape index (κ2) is 5.54. The predicted octanol–water partition coefficient (Wildman–Crippen LogP) is 4.42. The summed E-state index contributed by atoms with van der Waals surface area (Å²) in [5.41, 5.74) is 0.225. The topological polar surface area (TPSA) is 62.6 Å². The Morgan fingerprint density at radius 3 is 2.32 bits per heavy atom. The molecular weight excluding hydrogens is 320 g/mol. The lowest BCUT2D eigenvalue weighted by Gasteiger charge is -2.30. The average molecular weight is 346 g/mol. The van der Waals surface area contributed by atoms with Crippen molar-refractivity contribution in [1.29, 1.82) is 0 Å². The first-order valence-corrected chi connectivity index (χ1v) is 8.46. The molecule has 25 heavy (non-hydrogen) atoms. The number of nitrogens with zero attached hydrogens (tertiary/aromatic N) is 2. The first kappa shape index (κ1) is 17.9. The van der Waals surface area contributed by atoms with Crippen LogP contribution in [0.15, 0.2) is 24.4 Å². The van der Waals surface area contributed by atoms with Crippen LogP contribution in [0.25, 0.3) is 10.9 Å². The molecule has 0 bridgehead atoms. The number of fused-ring (bicyclic) bond motifs is 1. The molecule has 1 aliphatic rings. The Morgan fingerprint density at radius 2 is 1.76 bits per heavy atom. The van der Waals surface area contributed by atoms with E-state index < -0.39 is 29.2 Å². The third-order valence-corrected chi connectivity index (χ3v) is 4.68. The largest absolute Gasteiger partial charge is 0.442 e. The van der Waals surface area contributed by atoms with E-state index in [9.17, 15) is 4.79 Å². The minimum Gasteiger partial charge on any atom is -0.442 e. The number of aromatic nitrogens is 2. The van der Waals surface area contributed by atoms with Gasteiger partial charge in [0.25, 0.3) is 0 Å². The number of carbonyl (C=O) groups excluding carboxylic acids is 1. The molecule has 2 aromatic rings. The van der Waals surface area contributed by atoms with Gasteiger partial charge in [-0.05, 0) is 60.6 Å². The highest BCUT2D eigenvalue weighted by Gasteiger charge is 2.49. The van der Waals surface area contributed by atoms with E-state index in [1.165, 1.54) is 4.68 Å². The molecular formula is C19H26N2O4. The molecule has 0 N–H and O–H groups in total. The normalized spacial score (nSPS) is 20.1. The van der Waals surface area contributed by atoms with E-state index in [0.717, 1.165) is 10.9 Å². The van der Waals surface area contributed by atoms with E-state index in [1.807, 2.05) is 66.7 Å². The Hall–Kier alpha value is -1.92. The summed E-state index contributed by atoms with van der Waals surface area (Å²) in [7, 11) is 0. The third kappa shape index (κ3) is 3.28. The van der Waals surface area contributed by atoms with Crippen LogP contribution in [-0.2, 0) is 14.2 Å². The Labute approximate surface area is 148 Å². The van der Waals surface area contributed by atoms with E-state index in [1.54, 1.807) is 6.20 Å². The quantitative estimate of drug-likeness (QED) is 0.765. The van der Waals surface area contributed by atoms with Crippen molar-refractivity contribution in [2.24, 2.45) is 0 Å². The van der Waals surface area contributed by atoms with Gasteiger partial charge in [-0.3, -0.25) is 0 Å². The van der Waals surface area contributed by atoms with Crippen molar-refractivity contribution >= 4 is 17.0 Å². The first-order valence-electron chi connectivity index (χ1n) is 8.46. The SMILES string of the molecule is CC(C)(C)OC(=O)n1ncc2cc(C3OC(C)(C)C(C)(C)O3)ccc21. The highest BCUT2D eigenvalue weighted by atomic mass is 16.7. The fourth-order valence-corrected chi connectivity index (χ4v) is 2.63. The molecule has 0 spiro atoms. The van der Waals surface area contributed by atoms with Crippen LogP contribution in [-0.4, -0.2) is 32.7 Å². The van der Waals surface area contributed by atoms with Crippen LogP contribution in [0, 0.1) is 0 Å². The molecule has 0 unspecified atom stereocenters. The van der Waals surface area contributed by atoms with Gasteiger partial charge >= 0.3 is 6.09 Å². The van der Waals surface area contributed by atoms with E-state index >= 15 is 0 Å². The fraction of sp³-hybridized carbons (Fsp3) is 0.579. The number of carbonyl (C=O) groups is 1. The molecule has 1 fully saturated rings. The smallest absolute Gasteiger partial charge is 0.435 e. The summed E-state index contributed by atoms with van der Waals surface area (Å²) in [5, 5.41) is 5.00. The van der Waals surface area contributed by atoms with Gasteiger partial charge in [-0.15, -0.1) is 0 Å². The minimum absolute atomic E-state index is 0.396. The first-order chi connectivity index (χ1) is 11.4. The van der Waals surface area contributed by atoms with Crippen LogP contribution in [0.3, 0.4) is 0 Å². The van der Waals surface area contributed by atoms with Crippen molar-refractivity contribution in [1.82, 2.24) is 9.78 Å². The lowest BCUT2D eigenvalue weighted by Crippen LogP contribution is -2.41. The Kier molecular flexibility index (Phi) is 3.96. The van der Waals surface area contributed by atoms with Crippen LogP contribution in [0.2, 0.25) is 0 Å². The van der Waals surface area contributed by atoms with E-state index in [-0.39, 0.29) is 0 Å². The molecule has 0 radical (unpaired) electrons. The molecule has 1 aromatic carbocycles. The zero-order chi connectivity index (χ0) is 18.6. The van der Waals surface area contributed by atoms with Gasteiger partial charge in [0.15, 0.2) is 6.29 Å². The maximum atomic E-state index is 12.3. The number of benzene rings is 1. The summed E-state index contributed by atoms with van der Waals surface area (Å²) in [5.74, 6) is 0. The molecule has 0 aliphatic carbocycles. The number of ether oxygens (including phenoxy) is 3. The van der Waals surface area contributed by atoms with E-state index in [4.69, 9.17) is 14.2 Å². The van der Waals surface area contributed by atoms with Gasteiger partial charge in [0.2, 0.25) is 0 Å². The van der Waals surface area contributed by atoms with Gasteiger partial charge in [0.1, 0.15) is 5.60 Å². The molecule has 136 valence electrons. The molecule has 1 aliphatic heterocycles. The molecule has 3 rings (SSSR count). The molecule has 1 saturated heterocycles. The maximum Gasteiger partial charge on any atom is 0.435 e. The van der Waals surface area contributed by atoms with Crippen molar-refractivity contribution in [3.63, 3.8) is 0 Å². The molecule has 6 heteroatoms. The molecule has 1 aromatic heterocycles. The zero-order valence-electron chi connectivity index (χ0n) is 15.9. The third-order valence-electron chi connectivity index (χ3n) is 4.68. The van der Waals surface area contributed by atoms with Crippen molar-refractivity contribution in [2.45, 2.75) is 71.6 Å². The summed E-state index contributed by atoms with van der Waals surface area (Å²) >= 11 is 0. The van der Waals surface area contributed by atoms with Gasteiger partial charge in [0.05, 0.1) is 22.9 Å². The molecule has 0 amide bonds. The van der Waals surface area contributed by atoms with Gasteiger partial charge in [-0.25, -0.2) is 4.79 Å². The molecule has 6 nitrogen and oxygen atoms in total.